The van der Waals surface area contributed by atoms with Gasteiger partial charge in [0, 0.05) is 12.6 Å². The molecule has 2 N–H and O–H groups in total. The average molecular weight is 285 g/mol. The fraction of sp³-hybridized carbons (Fsp3) is 1.00. The Bertz CT molecular complexity index is 245. The number of hydrogen-bond acceptors (Lipinski definition) is 3. The van der Waals surface area contributed by atoms with Crippen LogP contribution in [0.4, 0.5) is 0 Å². The molecule has 0 radical (unpaired) electrons. The van der Waals surface area contributed by atoms with Gasteiger partial charge in [0.15, 0.2) is 0 Å². The largest absolute Gasteiger partial charge is 0.389 e. The number of nitrogens with one attached hydrogen (secondary N) is 1. The highest BCUT2D eigenvalue weighted by Gasteiger charge is 2.24. The first kappa shape index (κ1) is 17.9. The van der Waals surface area contributed by atoms with Crippen molar-refractivity contribution in [1.29, 1.82) is 0 Å². The molecule has 0 amide bonds. The van der Waals surface area contributed by atoms with Gasteiger partial charge >= 0.3 is 0 Å². The Kier molecular flexibility index (Phi) is 8.74. The molecule has 0 aromatic carbocycles. The monoisotopic (exact) mass is 285 g/mol. The van der Waals surface area contributed by atoms with Crippen LogP contribution in [0.25, 0.3) is 0 Å². The molecule has 20 heavy (non-hydrogen) atoms. The van der Waals surface area contributed by atoms with Crippen molar-refractivity contribution < 1.29 is 9.84 Å². The van der Waals surface area contributed by atoms with Crippen molar-refractivity contribution in [1.82, 2.24) is 5.32 Å². The summed E-state index contributed by atoms with van der Waals surface area (Å²) in [5.74, 6) is 1.39. The standard InChI is InChI=1S/C17H35NO2/c1-5-15-8-6-7-9-17(15)20-12-16(19)11-18-14(4)10-13(2)3/h13-19H,5-12H2,1-4H3. The molecule has 1 rings (SSSR count). The summed E-state index contributed by atoms with van der Waals surface area (Å²) in [6.45, 7) is 10.00. The first-order valence-electron chi connectivity index (χ1n) is 8.56. The van der Waals surface area contributed by atoms with Crippen molar-refractivity contribution in [2.75, 3.05) is 13.2 Å². The summed E-state index contributed by atoms with van der Waals surface area (Å²) >= 11 is 0. The van der Waals surface area contributed by atoms with Gasteiger partial charge in [-0.3, -0.25) is 0 Å². The quantitative estimate of drug-likeness (QED) is 0.682. The molecule has 0 aliphatic heterocycles. The van der Waals surface area contributed by atoms with Crippen LogP contribution >= 0.6 is 0 Å². The molecule has 0 bridgehead atoms. The van der Waals surface area contributed by atoms with Crippen LogP contribution in [0.3, 0.4) is 0 Å². The third-order valence-electron chi connectivity index (χ3n) is 4.39. The van der Waals surface area contributed by atoms with Gasteiger partial charge in [0.05, 0.1) is 18.8 Å². The van der Waals surface area contributed by atoms with Crippen molar-refractivity contribution in [3.63, 3.8) is 0 Å². The van der Waals surface area contributed by atoms with E-state index in [1.165, 1.54) is 32.1 Å². The molecule has 1 saturated carbocycles. The lowest BCUT2D eigenvalue weighted by Crippen LogP contribution is -2.38. The molecule has 1 aliphatic carbocycles. The highest BCUT2D eigenvalue weighted by Crippen LogP contribution is 2.29. The molecule has 0 saturated heterocycles. The summed E-state index contributed by atoms with van der Waals surface area (Å²) in [5.41, 5.74) is 0. The van der Waals surface area contributed by atoms with Crippen molar-refractivity contribution in [2.45, 2.75) is 84.5 Å². The maximum atomic E-state index is 10.0. The Morgan fingerprint density at radius 2 is 1.90 bits per heavy atom. The van der Waals surface area contributed by atoms with Gasteiger partial charge in [-0.15, -0.1) is 0 Å². The zero-order chi connectivity index (χ0) is 15.0. The summed E-state index contributed by atoms with van der Waals surface area (Å²) < 4.78 is 5.97. The second-order valence-corrected chi connectivity index (χ2v) is 6.92. The van der Waals surface area contributed by atoms with E-state index in [4.69, 9.17) is 4.74 Å². The predicted molar refractivity (Wildman–Crippen MR) is 84.9 cm³/mol. The van der Waals surface area contributed by atoms with Crippen molar-refractivity contribution >= 4 is 0 Å². The van der Waals surface area contributed by atoms with E-state index in [2.05, 4.69) is 33.0 Å². The Morgan fingerprint density at radius 3 is 2.55 bits per heavy atom. The molecule has 1 fully saturated rings. The summed E-state index contributed by atoms with van der Waals surface area (Å²) in [4.78, 5) is 0. The maximum Gasteiger partial charge on any atom is 0.0897 e. The molecule has 0 aromatic heterocycles. The predicted octanol–water partition coefficient (Wildman–Crippen LogP) is 3.36. The van der Waals surface area contributed by atoms with E-state index < -0.39 is 0 Å². The normalized spacial score (nSPS) is 26.7. The zero-order valence-corrected chi connectivity index (χ0v) is 13.9. The zero-order valence-electron chi connectivity index (χ0n) is 13.9. The van der Waals surface area contributed by atoms with Crippen LogP contribution in [0, 0.1) is 11.8 Å². The Morgan fingerprint density at radius 1 is 1.20 bits per heavy atom. The lowest BCUT2D eigenvalue weighted by atomic mass is 9.85. The molecule has 3 nitrogen and oxygen atoms in total. The second-order valence-electron chi connectivity index (χ2n) is 6.92. The SMILES string of the molecule is CCC1CCCCC1OCC(O)CNC(C)CC(C)C. The highest BCUT2D eigenvalue weighted by molar-refractivity contribution is 4.76. The van der Waals surface area contributed by atoms with Crippen LogP contribution in [-0.2, 0) is 4.74 Å². The topological polar surface area (TPSA) is 41.5 Å². The third-order valence-corrected chi connectivity index (χ3v) is 4.39. The van der Waals surface area contributed by atoms with Crippen LogP contribution in [0.2, 0.25) is 0 Å². The second kappa shape index (κ2) is 9.75. The van der Waals surface area contributed by atoms with Crippen LogP contribution in [0.15, 0.2) is 0 Å². The van der Waals surface area contributed by atoms with Crippen LogP contribution < -0.4 is 5.32 Å². The Balaban J connectivity index is 2.16. The van der Waals surface area contributed by atoms with E-state index in [9.17, 15) is 5.11 Å². The first-order chi connectivity index (χ1) is 9.52. The Labute approximate surface area is 125 Å². The van der Waals surface area contributed by atoms with Gasteiger partial charge in [-0.1, -0.05) is 40.0 Å². The van der Waals surface area contributed by atoms with Crippen LogP contribution in [-0.4, -0.2) is 36.5 Å². The van der Waals surface area contributed by atoms with Crippen molar-refractivity contribution in [3.05, 3.63) is 0 Å². The molecule has 0 aromatic rings. The molecule has 0 heterocycles. The van der Waals surface area contributed by atoms with Crippen molar-refractivity contribution in [3.8, 4) is 0 Å². The molecular weight excluding hydrogens is 250 g/mol. The number of hydrogen-bond donors (Lipinski definition) is 2. The minimum Gasteiger partial charge on any atom is -0.389 e. The van der Waals surface area contributed by atoms with Gasteiger partial charge in [0.1, 0.15) is 0 Å². The average Bonchev–Trinajstić information content (AvgIpc) is 2.42. The molecule has 0 spiro atoms. The van der Waals surface area contributed by atoms with E-state index in [0.717, 1.165) is 6.42 Å². The minimum atomic E-state index is -0.385. The van der Waals surface area contributed by atoms with Crippen LogP contribution in [0.1, 0.15) is 66.2 Å². The van der Waals surface area contributed by atoms with Gasteiger partial charge in [0.2, 0.25) is 0 Å². The molecule has 4 unspecified atom stereocenters. The molecule has 1 aliphatic rings. The number of rotatable bonds is 9. The molecule has 3 heteroatoms. The summed E-state index contributed by atoms with van der Waals surface area (Å²) in [6.07, 6.45) is 7.42. The number of aliphatic hydroxyl groups is 1. The molecular formula is C17H35NO2. The van der Waals surface area contributed by atoms with Crippen molar-refractivity contribution in [2.24, 2.45) is 11.8 Å². The summed E-state index contributed by atoms with van der Waals surface area (Å²) in [5, 5.41) is 13.4. The van der Waals surface area contributed by atoms with E-state index in [1.54, 1.807) is 0 Å². The summed E-state index contributed by atoms with van der Waals surface area (Å²) in [6, 6.07) is 0.461. The van der Waals surface area contributed by atoms with E-state index >= 15 is 0 Å². The van der Waals surface area contributed by atoms with Crippen LogP contribution in [0.5, 0.6) is 0 Å². The van der Waals surface area contributed by atoms with E-state index in [0.29, 0.717) is 37.1 Å². The van der Waals surface area contributed by atoms with E-state index in [-0.39, 0.29) is 6.10 Å². The number of ether oxygens (including phenoxy) is 1. The Hall–Kier alpha value is -0.120. The van der Waals surface area contributed by atoms with Gasteiger partial charge in [-0.05, 0) is 38.0 Å². The molecule has 120 valence electrons. The number of aliphatic hydroxyl groups excluding tert-OH is 1. The van der Waals surface area contributed by atoms with Gasteiger partial charge in [-0.2, -0.15) is 0 Å². The molecule has 4 atom stereocenters. The summed E-state index contributed by atoms with van der Waals surface area (Å²) in [7, 11) is 0. The lowest BCUT2D eigenvalue weighted by Gasteiger charge is -2.31. The fourth-order valence-electron chi connectivity index (χ4n) is 3.28. The van der Waals surface area contributed by atoms with E-state index in [1.807, 2.05) is 0 Å². The van der Waals surface area contributed by atoms with Gasteiger partial charge in [0.25, 0.3) is 0 Å². The van der Waals surface area contributed by atoms with Gasteiger partial charge in [-0.25, -0.2) is 0 Å². The maximum absolute atomic E-state index is 10.0. The minimum absolute atomic E-state index is 0.372. The third kappa shape index (κ3) is 7.05. The lowest BCUT2D eigenvalue weighted by molar-refractivity contribution is -0.0503. The first-order valence-corrected chi connectivity index (χ1v) is 8.56. The highest BCUT2D eigenvalue weighted by atomic mass is 16.5. The smallest absolute Gasteiger partial charge is 0.0897 e. The fourth-order valence-corrected chi connectivity index (χ4v) is 3.28. The van der Waals surface area contributed by atoms with Gasteiger partial charge < -0.3 is 15.2 Å².